The van der Waals surface area contributed by atoms with E-state index in [0.717, 1.165) is 23.0 Å². The molecular formula is C13H20N4S2. The Hall–Kier alpha value is -0.900. The van der Waals surface area contributed by atoms with E-state index in [-0.39, 0.29) is 0 Å². The van der Waals surface area contributed by atoms with Crippen molar-refractivity contribution in [3.63, 3.8) is 0 Å². The summed E-state index contributed by atoms with van der Waals surface area (Å²) in [5, 5.41) is 13.6. The van der Waals surface area contributed by atoms with Crippen LogP contribution in [0.5, 0.6) is 0 Å². The third-order valence-corrected chi connectivity index (χ3v) is 5.64. The fourth-order valence-electron chi connectivity index (χ4n) is 2.58. The monoisotopic (exact) mass is 296 g/mol. The molecule has 1 aliphatic heterocycles. The zero-order valence-corrected chi connectivity index (χ0v) is 13.0. The molecule has 0 spiro atoms. The Morgan fingerprint density at radius 1 is 1.63 bits per heavy atom. The number of thiophene rings is 1. The van der Waals surface area contributed by atoms with Gasteiger partial charge in [0.2, 0.25) is 0 Å². The molecule has 0 aliphatic carbocycles. The zero-order valence-electron chi connectivity index (χ0n) is 11.4. The summed E-state index contributed by atoms with van der Waals surface area (Å²) in [5.74, 6) is 0. The summed E-state index contributed by atoms with van der Waals surface area (Å²) in [6, 6.07) is 2.77. The van der Waals surface area contributed by atoms with Crippen molar-refractivity contribution >= 4 is 33.8 Å². The molecule has 1 aromatic heterocycles. The first-order valence-electron chi connectivity index (χ1n) is 6.55. The molecule has 4 nitrogen and oxygen atoms in total. The first-order valence-corrected chi connectivity index (χ1v) is 8.59. The van der Waals surface area contributed by atoms with E-state index in [0.29, 0.717) is 16.6 Å². The molecule has 0 saturated carbocycles. The third kappa shape index (κ3) is 2.99. The van der Waals surface area contributed by atoms with Crippen molar-refractivity contribution in [2.45, 2.75) is 30.7 Å². The fraction of sp³-hybridized carbons (Fsp3) is 0.615. The molecule has 1 aliphatic rings. The number of hydrogen-bond acceptors (Lipinski definition) is 6. The summed E-state index contributed by atoms with van der Waals surface area (Å²) in [6.07, 6.45) is 4.53. The van der Waals surface area contributed by atoms with E-state index in [4.69, 9.17) is 11.0 Å². The van der Waals surface area contributed by atoms with Gasteiger partial charge in [0.05, 0.1) is 10.6 Å². The molecule has 0 radical (unpaired) electrons. The molecule has 0 aromatic carbocycles. The maximum absolute atomic E-state index is 9.05. The van der Waals surface area contributed by atoms with Crippen LogP contribution in [0.15, 0.2) is 4.90 Å². The number of nitrogens with two attached hydrogens (primary N) is 1. The van der Waals surface area contributed by atoms with Crippen LogP contribution in [0.1, 0.15) is 24.6 Å². The van der Waals surface area contributed by atoms with Gasteiger partial charge in [-0.1, -0.05) is 6.92 Å². The van der Waals surface area contributed by atoms with Crippen molar-refractivity contribution in [3.05, 3.63) is 4.88 Å². The Morgan fingerprint density at radius 2 is 2.42 bits per heavy atom. The SMILES string of the molecule is CCN1CCCC1CNc1sc(C#N)c(N)c1SC. The van der Waals surface area contributed by atoms with E-state index in [1.165, 1.54) is 30.7 Å². The summed E-state index contributed by atoms with van der Waals surface area (Å²) >= 11 is 3.07. The topological polar surface area (TPSA) is 65.1 Å². The number of rotatable bonds is 5. The Balaban J connectivity index is 2.05. The predicted molar refractivity (Wildman–Crippen MR) is 84.0 cm³/mol. The molecule has 6 heteroatoms. The zero-order chi connectivity index (χ0) is 13.8. The van der Waals surface area contributed by atoms with Gasteiger partial charge < -0.3 is 11.1 Å². The Bertz CT molecular complexity index is 478. The van der Waals surface area contributed by atoms with Crippen LogP contribution in [0.2, 0.25) is 0 Å². The van der Waals surface area contributed by atoms with Crippen molar-refractivity contribution in [2.75, 3.05) is 36.9 Å². The second-order valence-electron chi connectivity index (χ2n) is 4.62. The van der Waals surface area contributed by atoms with Gasteiger partial charge in [0.25, 0.3) is 0 Å². The third-order valence-electron chi connectivity index (χ3n) is 3.61. The molecule has 2 heterocycles. The molecule has 3 N–H and O–H groups in total. The maximum atomic E-state index is 9.05. The lowest BCUT2D eigenvalue weighted by Crippen LogP contribution is -2.34. The minimum atomic E-state index is 0.605. The highest BCUT2D eigenvalue weighted by Gasteiger charge is 2.23. The summed E-state index contributed by atoms with van der Waals surface area (Å²) in [5.41, 5.74) is 6.61. The van der Waals surface area contributed by atoms with Gasteiger partial charge in [0.15, 0.2) is 0 Å². The molecule has 1 aromatic rings. The van der Waals surface area contributed by atoms with Crippen LogP contribution in [0.3, 0.4) is 0 Å². The minimum Gasteiger partial charge on any atom is -0.396 e. The van der Waals surface area contributed by atoms with Gasteiger partial charge in [-0.15, -0.1) is 23.1 Å². The lowest BCUT2D eigenvalue weighted by atomic mass is 10.2. The number of nitriles is 1. The fourth-order valence-corrected chi connectivity index (χ4v) is 4.42. The van der Waals surface area contributed by atoms with E-state index in [1.807, 2.05) is 6.26 Å². The standard InChI is InChI=1S/C13H20N4S2/c1-3-17-6-4-5-9(17)8-16-13-12(18-2)11(15)10(7-14)19-13/h9,16H,3-6,8,15H2,1-2H3. The van der Waals surface area contributed by atoms with Crippen LogP contribution in [0.4, 0.5) is 10.7 Å². The van der Waals surface area contributed by atoms with Crippen molar-refractivity contribution in [1.82, 2.24) is 4.90 Å². The van der Waals surface area contributed by atoms with E-state index < -0.39 is 0 Å². The van der Waals surface area contributed by atoms with Crippen LogP contribution in [0.25, 0.3) is 0 Å². The van der Waals surface area contributed by atoms with Crippen molar-refractivity contribution in [3.8, 4) is 6.07 Å². The molecule has 0 bridgehead atoms. The van der Waals surface area contributed by atoms with Crippen LogP contribution in [0, 0.1) is 11.3 Å². The van der Waals surface area contributed by atoms with E-state index >= 15 is 0 Å². The van der Waals surface area contributed by atoms with E-state index in [9.17, 15) is 0 Å². The van der Waals surface area contributed by atoms with Crippen molar-refractivity contribution in [2.24, 2.45) is 0 Å². The molecule has 1 unspecified atom stereocenters. The van der Waals surface area contributed by atoms with E-state index in [2.05, 4.69) is 23.2 Å². The number of anilines is 2. The molecule has 104 valence electrons. The summed E-state index contributed by atoms with van der Waals surface area (Å²) in [6.45, 7) is 5.46. The quantitative estimate of drug-likeness (QED) is 0.818. The molecular weight excluding hydrogens is 276 g/mol. The normalized spacial score (nSPS) is 19.5. The molecule has 2 rings (SSSR count). The number of thioether (sulfide) groups is 1. The van der Waals surface area contributed by atoms with Crippen molar-refractivity contribution < 1.29 is 0 Å². The first kappa shape index (κ1) is 14.5. The minimum absolute atomic E-state index is 0.605. The number of nitrogen functional groups attached to an aromatic ring is 1. The first-order chi connectivity index (χ1) is 9.21. The van der Waals surface area contributed by atoms with Crippen molar-refractivity contribution in [1.29, 1.82) is 5.26 Å². The number of nitrogens with zero attached hydrogens (tertiary/aromatic N) is 2. The largest absolute Gasteiger partial charge is 0.396 e. The summed E-state index contributed by atoms with van der Waals surface area (Å²) < 4.78 is 0. The molecule has 1 saturated heterocycles. The maximum Gasteiger partial charge on any atom is 0.131 e. The molecule has 1 atom stereocenters. The van der Waals surface area contributed by atoms with Crippen LogP contribution < -0.4 is 11.1 Å². The van der Waals surface area contributed by atoms with Gasteiger partial charge in [-0.25, -0.2) is 0 Å². The van der Waals surface area contributed by atoms with Crippen LogP contribution >= 0.6 is 23.1 Å². The highest BCUT2D eigenvalue weighted by atomic mass is 32.2. The van der Waals surface area contributed by atoms with Gasteiger partial charge in [-0.05, 0) is 32.2 Å². The summed E-state index contributed by atoms with van der Waals surface area (Å²) in [4.78, 5) is 4.14. The molecule has 19 heavy (non-hydrogen) atoms. The average Bonchev–Trinajstić information content (AvgIpc) is 2.99. The highest BCUT2D eigenvalue weighted by Crippen LogP contribution is 2.41. The molecule has 0 amide bonds. The number of hydrogen-bond donors (Lipinski definition) is 2. The van der Waals surface area contributed by atoms with Gasteiger partial charge >= 0.3 is 0 Å². The van der Waals surface area contributed by atoms with E-state index in [1.54, 1.807) is 11.8 Å². The predicted octanol–water partition coefficient (Wildman–Crippen LogP) is 2.82. The van der Waals surface area contributed by atoms with Gasteiger partial charge in [-0.3, -0.25) is 4.90 Å². The number of nitrogens with one attached hydrogen (secondary N) is 1. The lowest BCUT2D eigenvalue weighted by Gasteiger charge is -2.23. The summed E-state index contributed by atoms with van der Waals surface area (Å²) in [7, 11) is 0. The van der Waals surface area contributed by atoms with Crippen LogP contribution in [-0.2, 0) is 0 Å². The lowest BCUT2D eigenvalue weighted by molar-refractivity contribution is 0.277. The molecule has 1 fully saturated rings. The number of likely N-dealkylation sites (tertiary alicyclic amines) is 1. The Kier molecular flexibility index (Phi) is 4.97. The average molecular weight is 296 g/mol. The second-order valence-corrected chi connectivity index (χ2v) is 6.46. The number of likely N-dealkylation sites (N-methyl/N-ethyl adjacent to an activating group) is 1. The van der Waals surface area contributed by atoms with Gasteiger partial charge in [0, 0.05) is 12.6 Å². The second kappa shape index (κ2) is 6.51. The Labute approximate surface area is 123 Å². The Morgan fingerprint density at radius 3 is 3.05 bits per heavy atom. The highest BCUT2D eigenvalue weighted by molar-refractivity contribution is 7.99. The smallest absolute Gasteiger partial charge is 0.131 e. The van der Waals surface area contributed by atoms with Gasteiger partial charge in [0.1, 0.15) is 15.9 Å². The van der Waals surface area contributed by atoms with Crippen LogP contribution in [-0.4, -0.2) is 36.8 Å². The van der Waals surface area contributed by atoms with Gasteiger partial charge in [-0.2, -0.15) is 5.26 Å².